The molecule has 0 saturated heterocycles. The van der Waals surface area contributed by atoms with E-state index in [1.165, 1.54) is 41.1 Å². The molecule has 0 aliphatic rings. The van der Waals surface area contributed by atoms with E-state index in [1.54, 1.807) is 32.2 Å². The highest BCUT2D eigenvalue weighted by Crippen LogP contribution is 2.40. The molecule has 0 spiro atoms. The lowest BCUT2D eigenvalue weighted by atomic mass is 10.0. The minimum Gasteiger partial charge on any atom is -0.493 e. The fourth-order valence-corrected chi connectivity index (χ4v) is 5.58. The van der Waals surface area contributed by atoms with E-state index in [9.17, 15) is 22.0 Å². The minimum atomic E-state index is -4.04. The number of aromatic nitrogens is 1. The summed E-state index contributed by atoms with van der Waals surface area (Å²) in [5.74, 6) is -1.58. The van der Waals surface area contributed by atoms with Gasteiger partial charge in [-0.05, 0) is 48.7 Å². The van der Waals surface area contributed by atoms with Gasteiger partial charge in [0, 0.05) is 47.6 Å². The number of hydrogen-bond acceptors (Lipinski definition) is 5. The molecule has 1 aromatic heterocycles. The summed E-state index contributed by atoms with van der Waals surface area (Å²) < 4.78 is 70.4. The summed E-state index contributed by atoms with van der Waals surface area (Å²) in [5.41, 5.74) is 0.562. The molecule has 0 saturated carbocycles. The topological polar surface area (TPSA) is 86.6 Å². The Morgan fingerprint density at radius 3 is 2.38 bits per heavy atom. The molecule has 0 unspecified atom stereocenters. The standard InChI is InChI=1S/C30H24F2N2O5S/c1-3-38-28-17-30(35)34(2)18-24(28)23-16-21(12-14-26(23)39-27-13-11-20(31)15-25(27)32)33-40(36,37)29-10-6-8-19-7-4-5-9-22(19)29/h4-18,33H,3H2,1-2H3. The quantitative estimate of drug-likeness (QED) is 0.234. The first-order valence-corrected chi connectivity index (χ1v) is 13.8. The van der Waals surface area contributed by atoms with Gasteiger partial charge < -0.3 is 14.0 Å². The van der Waals surface area contributed by atoms with E-state index in [1.807, 2.05) is 18.2 Å². The first-order chi connectivity index (χ1) is 19.2. The molecular formula is C30H24F2N2O5S. The van der Waals surface area contributed by atoms with Crippen LogP contribution < -0.4 is 19.8 Å². The number of hydrogen-bond donors (Lipinski definition) is 1. The fraction of sp³-hybridized carbons (Fsp3) is 0.100. The molecule has 5 aromatic rings. The summed E-state index contributed by atoms with van der Waals surface area (Å²) in [7, 11) is -2.49. The maximum absolute atomic E-state index is 14.5. The first kappa shape index (κ1) is 26.9. The molecule has 0 aliphatic heterocycles. The zero-order chi connectivity index (χ0) is 28.4. The van der Waals surface area contributed by atoms with Crippen molar-refractivity contribution in [3.05, 3.63) is 113 Å². The lowest BCUT2D eigenvalue weighted by molar-refractivity contribution is 0.340. The summed E-state index contributed by atoms with van der Waals surface area (Å²) in [6.07, 6.45) is 1.51. The number of rotatable bonds is 8. The third kappa shape index (κ3) is 5.39. The van der Waals surface area contributed by atoms with Crippen molar-refractivity contribution >= 4 is 26.5 Å². The average Bonchev–Trinajstić information content (AvgIpc) is 2.92. The van der Waals surface area contributed by atoms with Crippen LogP contribution in [0.1, 0.15) is 6.92 Å². The van der Waals surface area contributed by atoms with Crippen LogP contribution in [0.15, 0.2) is 101 Å². The Labute approximate surface area is 229 Å². The maximum Gasteiger partial charge on any atom is 0.262 e. The second-order valence-corrected chi connectivity index (χ2v) is 10.6. The third-order valence-electron chi connectivity index (χ3n) is 6.17. The summed E-state index contributed by atoms with van der Waals surface area (Å²) in [4.78, 5) is 12.4. The molecule has 4 aromatic carbocycles. The van der Waals surface area contributed by atoms with Gasteiger partial charge in [-0.25, -0.2) is 17.2 Å². The SMILES string of the molecule is CCOc1cc(=O)n(C)cc1-c1cc(NS(=O)(=O)c2cccc3ccccc23)ccc1Oc1ccc(F)cc1F. The molecule has 40 heavy (non-hydrogen) atoms. The molecule has 7 nitrogen and oxygen atoms in total. The monoisotopic (exact) mass is 562 g/mol. The molecule has 0 aliphatic carbocycles. The highest BCUT2D eigenvalue weighted by molar-refractivity contribution is 7.93. The van der Waals surface area contributed by atoms with Crippen LogP contribution in [-0.4, -0.2) is 19.6 Å². The molecule has 1 heterocycles. The normalized spacial score (nSPS) is 11.4. The van der Waals surface area contributed by atoms with Crippen molar-refractivity contribution in [2.45, 2.75) is 11.8 Å². The van der Waals surface area contributed by atoms with Crippen molar-refractivity contribution in [2.75, 3.05) is 11.3 Å². The van der Waals surface area contributed by atoms with Gasteiger partial charge in [0.15, 0.2) is 11.6 Å². The number of fused-ring (bicyclic) bond motifs is 1. The number of halogens is 2. The van der Waals surface area contributed by atoms with Crippen LogP contribution in [0, 0.1) is 11.6 Å². The van der Waals surface area contributed by atoms with Gasteiger partial charge in [0.25, 0.3) is 15.6 Å². The lowest BCUT2D eigenvalue weighted by Crippen LogP contribution is -2.16. The predicted octanol–water partition coefficient (Wildman–Crippen LogP) is 6.48. The number of benzene rings is 4. The Hall–Kier alpha value is -4.70. The van der Waals surface area contributed by atoms with Crippen molar-refractivity contribution in [3.63, 3.8) is 0 Å². The van der Waals surface area contributed by atoms with Crippen molar-refractivity contribution in [2.24, 2.45) is 7.05 Å². The van der Waals surface area contributed by atoms with Crippen molar-refractivity contribution in [1.29, 1.82) is 0 Å². The Morgan fingerprint density at radius 2 is 1.60 bits per heavy atom. The van der Waals surface area contributed by atoms with Crippen molar-refractivity contribution in [1.82, 2.24) is 4.57 Å². The van der Waals surface area contributed by atoms with Crippen LogP contribution >= 0.6 is 0 Å². The molecule has 0 fully saturated rings. The van der Waals surface area contributed by atoms with Crippen LogP contribution in [0.4, 0.5) is 14.5 Å². The molecule has 10 heteroatoms. The van der Waals surface area contributed by atoms with Gasteiger partial charge in [0.2, 0.25) is 0 Å². The molecule has 0 bridgehead atoms. The zero-order valence-electron chi connectivity index (χ0n) is 21.5. The second-order valence-electron chi connectivity index (χ2n) is 8.90. The summed E-state index contributed by atoms with van der Waals surface area (Å²) in [6.45, 7) is 2.00. The summed E-state index contributed by atoms with van der Waals surface area (Å²) >= 11 is 0. The van der Waals surface area contributed by atoms with Crippen LogP contribution in [0.3, 0.4) is 0 Å². The number of anilines is 1. The molecular weight excluding hydrogens is 538 g/mol. The fourth-order valence-electron chi connectivity index (χ4n) is 4.30. The van der Waals surface area contributed by atoms with Gasteiger partial charge in [-0.2, -0.15) is 0 Å². The number of nitrogens with zero attached hydrogens (tertiary/aromatic N) is 1. The van der Waals surface area contributed by atoms with Crippen LogP contribution in [0.2, 0.25) is 0 Å². The number of pyridine rings is 1. The Kier molecular flexibility index (Phi) is 7.27. The van der Waals surface area contributed by atoms with E-state index in [0.717, 1.165) is 17.5 Å². The summed E-state index contributed by atoms with van der Waals surface area (Å²) in [6, 6.07) is 20.8. The van der Waals surface area contributed by atoms with Crippen LogP contribution in [-0.2, 0) is 17.1 Å². The highest BCUT2D eigenvalue weighted by atomic mass is 32.2. The molecule has 0 atom stereocenters. The van der Waals surface area contributed by atoms with Gasteiger partial charge in [-0.3, -0.25) is 9.52 Å². The van der Waals surface area contributed by atoms with Gasteiger partial charge in [-0.15, -0.1) is 0 Å². The molecule has 1 N–H and O–H groups in total. The largest absolute Gasteiger partial charge is 0.493 e. The Bertz CT molecular complexity index is 1900. The number of nitrogens with one attached hydrogen (secondary N) is 1. The maximum atomic E-state index is 14.5. The second kappa shape index (κ2) is 10.8. The van der Waals surface area contributed by atoms with Gasteiger partial charge >= 0.3 is 0 Å². The van der Waals surface area contributed by atoms with Crippen LogP contribution in [0.25, 0.3) is 21.9 Å². The Morgan fingerprint density at radius 1 is 0.850 bits per heavy atom. The van der Waals surface area contributed by atoms with E-state index in [0.29, 0.717) is 22.6 Å². The van der Waals surface area contributed by atoms with E-state index >= 15 is 0 Å². The minimum absolute atomic E-state index is 0.0953. The van der Waals surface area contributed by atoms with E-state index < -0.39 is 21.7 Å². The molecule has 0 amide bonds. The average molecular weight is 563 g/mol. The smallest absolute Gasteiger partial charge is 0.262 e. The zero-order valence-corrected chi connectivity index (χ0v) is 22.3. The van der Waals surface area contributed by atoms with Crippen LogP contribution in [0.5, 0.6) is 17.2 Å². The van der Waals surface area contributed by atoms with Crippen molar-refractivity contribution < 1.29 is 26.7 Å². The molecule has 0 radical (unpaired) electrons. The summed E-state index contributed by atoms with van der Waals surface area (Å²) in [5, 5.41) is 1.32. The molecule has 5 rings (SSSR count). The van der Waals surface area contributed by atoms with Gasteiger partial charge in [0.1, 0.15) is 17.3 Å². The number of aryl methyl sites for hydroxylation is 1. The molecule has 204 valence electrons. The first-order valence-electron chi connectivity index (χ1n) is 12.3. The van der Waals surface area contributed by atoms with E-state index in [4.69, 9.17) is 9.47 Å². The third-order valence-corrected chi connectivity index (χ3v) is 7.60. The van der Waals surface area contributed by atoms with E-state index in [-0.39, 0.29) is 40.0 Å². The van der Waals surface area contributed by atoms with Gasteiger partial charge in [0.05, 0.1) is 11.5 Å². The van der Waals surface area contributed by atoms with Gasteiger partial charge in [-0.1, -0.05) is 36.4 Å². The number of sulfonamides is 1. The van der Waals surface area contributed by atoms with E-state index in [2.05, 4.69) is 4.72 Å². The highest BCUT2D eigenvalue weighted by Gasteiger charge is 2.21. The predicted molar refractivity (Wildman–Crippen MR) is 149 cm³/mol. The van der Waals surface area contributed by atoms with Crippen molar-refractivity contribution in [3.8, 4) is 28.4 Å². The number of ether oxygens (including phenoxy) is 2. The lowest BCUT2D eigenvalue weighted by Gasteiger charge is -2.18. The Balaban J connectivity index is 1.64.